The molecule has 0 radical (unpaired) electrons. The maximum Gasteiger partial charge on any atom is 0.171 e. The third kappa shape index (κ3) is 2.66. The van der Waals surface area contributed by atoms with Gasteiger partial charge in [0.15, 0.2) is 11.6 Å². The third-order valence-electron chi connectivity index (χ3n) is 2.98. The van der Waals surface area contributed by atoms with Gasteiger partial charge in [-0.25, -0.2) is 4.39 Å². The Kier molecular flexibility index (Phi) is 4.06. The summed E-state index contributed by atoms with van der Waals surface area (Å²) < 4.78 is 23.0. The van der Waals surface area contributed by atoms with Crippen LogP contribution in [0.2, 0.25) is 0 Å². The monoisotopic (exact) mass is 296 g/mol. The Morgan fingerprint density at radius 2 is 2.05 bits per heavy atom. The molecule has 0 saturated carbocycles. The standard InChI is InChI=1S/C14H17FN2O2S/c1-14(2,3)13-12(20-17-16-13)11(18)8-6-5-7-9(19-4)10(8)15/h5-7,11,18H,1-4H3. The summed E-state index contributed by atoms with van der Waals surface area (Å²) in [6.45, 7) is 5.92. The molecule has 108 valence electrons. The van der Waals surface area contributed by atoms with Crippen molar-refractivity contribution >= 4 is 11.5 Å². The maximum absolute atomic E-state index is 14.2. The summed E-state index contributed by atoms with van der Waals surface area (Å²) in [6, 6.07) is 4.70. The number of methoxy groups -OCH3 is 1. The summed E-state index contributed by atoms with van der Waals surface area (Å²) in [7, 11) is 1.39. The molecule has 6 heteroatoms. The summed E-state index contributed by atoms with van der Waals surface area (Å²) in [5.41, 5.74) is 0.580. The number of aliphatic hydroxyl groups is 1. The predicted molar refractivity (Wildman–Crippen MR) is 75.6 cm³/mol. The average molecular weight is 296 g/mol. The van der Waals surface area contributed by atoms with Crippen LogP contribution < -0.4 is 4.74 Å². The summed E-state index contributed by atoms with van der Waals surface area (Å²) in [4.78, 5) is 0.560. The van der Waals surface area contributed by atoms with Crippen molar-refractivity contribution in [2.24, 2.45) is 0 Å². The molecule has 1 atom stereocenters. The Hall–Kier alpha value is -1.53. The van der Waals surface area contributed by atoms with Crippen molar-refractivity contribution in [2.45, 2.75) is 32.3 Å². The number of hydrogen-bond donors (Lipinski definition) is 1. The highest BCUT2D eigenvalue weighted by Crippen LogP contribution is 2.35. The van der Waals surface area contributed by atoms with E-state index in [1.807, 2.05) is 20.8 Å². The first-order valence-corrected chi connectivity index (χ1v) is 6.96. The molecular formula is C14H17FN2O2S. The molecule has 0 saturated heterocycles. The Morgan fingerprint density at radius 1 is 1.35 bits per heavy atom. The molecule has 1 N–H and O–H groups in total. The zero-order valence-electron chi connectivity index (χ0n) is 11.8. The fourth-order valence-corrected chi connectivity index (χ4v) is 2.81. The van der Waals surface area contributed by atoms with E-state index in [-0.39, 0.29) is 16.7 Å². The smallest absolute Gasteiger partial charge is 0.171 e. The van der Waals surface area contributed by atoms with Crippen molar-refractivity contribution in [3.63, 3.8) is 0 Å². The van der Waals surface area contributed by atoms with Gasteiger partial charge < -0.3 is 9.84 Å². The molecule has 20 heavy (non-hydrogen) atoms. The van der Waals surface area contributed by atoms with Gasteiger partial charge in [0, 0.05) is 11.0 Å². The third-order valence-corrected chi connectivity index (χ3v) is 3.76. The number of benzene rings is 1. The molecule has 1 aromatic carbocycles. The molecule has 0 bridgehead atoms. The van der Waals surface area contributed by atoms with Crippen molar-refractivity contribution in [2.75, 3.05) is 7.11 Å². The number of aromatic nitrogens is 2. The number of nitrogens with zero attached hydrogens (tertiary/aromatic N) is 2. The lowest BCUT2D eigenvalue weighted by Gasteiger charge is -2.19. The van der Waals surface area contributed by atoms with Gasteiger partial charge in [0.2, 0.25) is 0 Å². The van der Waals surface area contributed by atoms with E-state index in [9.17, 15) is 9.50 Å². The molecule has 0 aliphatic rings. The van der Waals surface area contributed by atoms with Gasteiger partial charge in [-0.2, -0.15) is 0 Å². The number of aliphatic hydroxyl groups excluding tert-OH is 1. The summed E-state index contributed by atoms with van der Waals surface area (Å²) in [5, 5.41) is 14.5. The van der Waals surface area contributed by atoms with E-state index >= 15 is 0 Å². The minimum Gasteiger partial charge on any atom is -0.494 e. The Labute approximate surface area is 121 Å². The zero-order chi connectivity index (χ0) is 14.9. The molecule has 1 unspecified atom stereocenters. The van der Waals surface area contributed by atoms with Crippen LogP contribution in [0.15, 0.2) is 18.2 Å². The molecule has 1 aromatic heterocycles. The van der Waals surface area contributed by atoms with Crippen molar-refractivity contribution in [1.29, 1.82) is 0 Å². The molecule has 0 amide bonds. The Balaban J connectivity index is 2.48. The van der Waals surface area contributed by atoms with Gasteiger partial charge in [0.05, 0.1) is 17.7 Å². The van der Waals surface area contributed by atoms with Crippen LogP contribution in [0.25, 0.3) is 0 Å². The predicted octanol–water partition coefficient (Wildman–Crippen LogP) is 3.07. The quantitative estimate of drug-likeness (QED) is 0.945. The summed E-state index contributed by atoms with van der Waals surface area (Å²) >= 11 is 1.08. The minimum atomic E-state index is -1.10. The largest absolute Gasteiger partial charge is 0.494 e. The van der Waals surface area contributed by atoms with Gasteiger partial charge in [0.25, 0.3) is 0 Å². The van der Waals surface area contributed by atoms with E-state index in [0.717, 1.165) is 11.5 Å². The molecule has 2 rings (SSSR count). The minimum absolute atomic E-state index is 0.108. The molecule has 0 spiro atoms. The van der Waals surface area contributed by atoms with E-state index in [1.54, 1.807) is 6.07 Å². The van der Waals surface area contributed by atoms with Crippen LogP contribution in [0.3, 0.4) is 0 Å². The first kappa shape index (κ1) is 14.9. The van der Waals surface area contributed by atoms with Crippen LogP contribution in [-0.2, 0) is 5.41 Å². The second-order valence-corrected chi connectivity index (χ2v) is 6.29. The maximum atomic E-state index is 14.2. The normalized spacial score (nSPS) is 13.3. The molecule has 2 aromatic rings. The lowest BCUT2D eigenvalue weighted by atomic mass is 9.89. The molecule has 0 aliphatic heterocycles. The first-order valence-electron chi connectivity index (χ1n) is 6.19. The highest BCUT2D eigenvalue weighted by atomic mass is 32.1. The summed E-state index contributed by atoms with van der Waals surface area (Å²) in [5.74, 6) is -0.452. The van der Waals surface area contributed by atoms with E-state index in [0.29, 0.717) is 10.6 Å². The fraction of sp³-hybridized carbons (Fsp3) is 0.429. The van der Waals surface area contributed by atoms with E-state index in [4.69, 9.17) is 4.74 Å². The number of hydrogen-bond acceptors (Lipinski definition) is 5. The van der Waals surface area contributed by atoms with Crippen molar-refractivity contribution < 1.29 is 14.2 Å². The Bertz CT molecular complexity index is 607. The van der Waals surface area contributed by atoms with Crippen LogP contribution >= 0.6 is 11.5 Å². The molecule has 0 aliphatic carbocycles. The van der Waals surface area contributed by atoms with Crippen molar-refractivity contribution in [3.05, 3.63) is 40.2 Å². The van der Waals surface area contributed by atoms with E-state index in [1.165, 1.54) is 19.2 Å². The fourth-order valence-electron chi connectivity index (χ4n) is 1.93. The highest BCUT2D eigenvalue weighted by Gasteiger charge is 2.29. The lowest BCUT2D eigenvalue weighted by molar-refractivity contribution is 0.214. The topological polar surface area (TPSA) is 55.2 Å². The first-order chi connectivity index (χ1) is 9.36. The SMILES string of the molecule is COc1cccc(C(O)c2snnc2C(C)(C)C)c1F. The van der Waals surface area contributed by atoms with E-state index in [2.05, 4.69) is 9.59 Å². The lowest BCUT2D eigenvalue weighted by Crippen LogP contribution is -2.16. The molecular weight excluding hydrogens is 279 g/mol. The molecule has 0 fully saturated rings. The zero-order valence-corrected chi connectivity index (χ0v) is 12.7. The number of halogens is 1. The van der Waals surface area contributed by atoms with E-state index < -0.39 is 11.9 Å². The van der Waals surface area contributed by atoms with Gasteiger partial charge in [-0.15, -0.1) is 5.10 Å². The highest BCUT2D eigenvalue weighted by molar-refractivity contribution is 7.05. The van der Waals surface area contributed by atoms with Crippen LogP contribution in [0, 0.1) is 5.82 Å². The van der Waals surface area contributed by atoms with Crippen LogP contribution in [-0.4, -0.2) is 21.8 Å². The van der Waals surface area contributed by atoms with Crippen molar-refractivity contribution in [3.8, 4) is 5.75 Å². The van der Waals surface area contributed by atoms with Crippen LogP contribution in [0.5, 0.6) is 5.75 Å². The summed E-state index contributed by atoms with van der Waals surface area (Å²) in [6.07, 6.45) is -1.10. The molecule has 4 nitrogen and oxygen atoms in total. The van der Waals surface area contributed by atoms with Gasteiger partial charge in [-0.1, -0.05) is 37.4 Å². The van der Waals surface area contributed by atoms with Crippen LogP contribution in [0.1, 0.15) is 43.0 Å². The Morgan fingerprint density at radius 3 is 2.65 bits per heavy atom. The van der Waals surface area contributed by atoms with Crippen LogP contribution in [0.4, 0.5) is 4.39 Å². The van der Waals surface area contributed by atoms with Gasteiger partial charge >= 0.3 is 0 Å². The molecule has 1 heterocycles. The van der Waals surface area contributed by atoms with Crippen molar-refractivity contribution in [1.82, 2.24) is 9.59 Å². The number of rotatable bonds is 3. The average Bonchev–Trinajstić information content (AvgIpc) is 2.87. The second-order valence-electron chi connectivity index (χ2n) is 5.50. The van der Waals surface area contributed by atoms with Gasteiger partial charge in [0.1, 0.15) is 6.10 Å². The number of ether oxygens (including phenoxy) is 1. The van der Waals surface area contributed by atoms with Gasteiger partial charge in [-0.3, -0.25) is 0 Å². The second kappa shape index (κ2) is 5.46. The van der Waals surface area contributed by atoms with Gasteiger partial charge in [-0.05, 0) is 17.6 Å².